The molecule has 0 aromatic carbocycles. The number of hydrogen-bond acceptors (Lipinski definition) is 4. The second-order valence-corrected chi connectivity index (χ2v) is 8.30. The van der Waals surface area contributed by atoms with Gasteiger partial charge < -0.3 is 5.32 Å². The van der Waals surface area contributed by atoms with Crippen LogP contribution in [0.15, 0.2) is 41.9 Å². The molecule has 1 saturated carbocycles. The molecule has 0 radical (unpaired) electrons. The summed E-state index contributed by atoms with van der Waals surface area (Å²) in [7, 11) is 0. The van der Waals surface area contributed by atoms with Gasteiger partial charge in [0.1, 0.15) is 5.82 Å². The zero-order valence-corrected chi connectivity index (χ0v) is 15.3. The minimum absolute atomic E-state index is 0.0329. The molecule has 1 atom stereocenters. The summed E-state index contributed by atoms with van der Waals surface area (Å²) in [5.74, 6) is 1.09. The lowest BCUT2D eigenvalue weighted by atomic mass is 9.93. The van der Waals surface area contributed by atoms with Gasteiger partial charge in [-0.1, -0.05) is 26.0 Å². The van der Waals surface area contributed by atoms with Gasteiger partial charge in [-0.2, -0.15) is 0 Å². The lowest BCUT2D eigenvalue weighted by Crippen LogP contribution is -2.37. The number of aromatic nitrogens is 3. The summed E-state index contributed by atoms with van der Waals surface area (Å²) in [5.41, 5.74) is 0.548. The van der Waals surface area contributed by atoms with Gasteiger partial charge in [0.05, 0.1) is 5.41 Å². The summed E-state index contributed by atoms with van der Waals surface area (Å²) in [6.07, 6.45) is 4.53. The summed E-state index contributed by atoms with van der Waals surface area (Å²) < 4.78 is 2.00. The Morgan fingerprint density at radius 1 is 1.28 bits per heavy atom. The van der Waals surface area contributed by atoms with Crippen molar-refractivity contribution in [3.8, 4) is 0 Å². The van der Waals surface area contributed by atoms with E-state index in [1.54, 1.807) is 11.3 Å². The zero-order chi connectivity index (χ0) is 17.5. The van der Waals surface area contributed by atoms with E-state index >= 15 is 0 Å². The summed E-state index contributed by atoms with van der Waals surface area (Å²) in [6, 6.07) is 9.98. The Balaban J connectivity index is 1.36. The molecular formula is C19H22N4OS. The minimum Gasteiger partial charge on any atom is -0.355 e. The summed E-state index contributed by atoms with van der Waals surface area (Å²) in [6.45, 7) is 5.01. The van der Waals surface area contributed by atoms with Gasteiger partial charge in [-0.15, -0.1) is 21.5 Å². The van der Waals surface area contributed by atoms with Crippen molar-refractivity contribution in [2.75, 3.05) is 6.54 Å². The zero-order valence-electron chi connectivity index (χ0n) is 14.5. The second-order valence-electron chi connectivity index (χ2n) is 7.35. The van der Waals surface area contributed by atoms with Gasteiger partial charge in [0.2, 0.25) is 5.91 Å². The maximum Gasteiger partial charge on any atom is 0.232 e. The molecule has 1 aliphatic rings. The van der Waals surface area contributed by atoms with Crippen LogP contribution in [0.1, 0.15) is 37.4 Å². The molecule has 4 rings (SSSR count). The fraction of sp³-hybridized carbons (Fsp3) is 0.421. The van der Waals surface area contributed by atoms with Crippen molar-refractivity contribution < 1.29 is 4.79 Å². The van der Waals surface area contributed by atoms with E-state index in [0.29, 0.717) is 6.54 Å². The first-order chi connectivity index (χ1) is 12.0. The van der Waals surface area contributed by atoms with Crippen molar-refractivity contribution in [3.05, 3.63) is 52.6 Å². The minimum atomic E-state index is -0.345. The van der Waals surface area contributed by atoms with E-state index in [9.17, 15) is 4.79 Å². The second kappa shape index (κ2) is 5.95. The van der Waals surface area contributed by atoms with Gasteiger partial charge in [-0.25, -0.2) is 0 Å². The Kier molecular flexibility index (Phi) is 3.87. The highest BCUT2D eigenvalue weighted by molar-refractivity contribution is 7.10. The number of carbonyl (C=O) groups excluding carboxylic acids is 1. The number of pyridine rings is 1. The van der Waals surface area contributed by atoms with E-state index < -0.39 is 0 Å². The predicted molar refractivity (Wildman–Crippen MR) is 98.7 cm³/mol. The Hall–Kier alpha value is -2.21. The van der Waals surface area contributed by atoms with Crippen LogP contribution >= 0.6 is 11.3 Å². The number of fused-ring (bicyclic) bond motifs is 1. The first-order valence-corrected chi connectivity index (χ1v) is 9.53. The van der Waals surface area contributed by atoms with Crippen LogP contribution in [0.4, 0.5) is 0 Å². The van der Waals surface area contributed by atoms with Crippen LogP contribution in [0.2, 0.25) is 0 Å². The van der Waals surface area contributed by atoms with E-state index in [2.05, 4.69) is 40.8 Å². The van der Waals surface area contributed by atoms with Crippen molar-refractivity contribution in [1.29, 1.82) is 0 Å². The number of hydrogen-bond donors (Lipinski definition) is 1. The van der Waals surface area contributed by atoms with Crippen LogP contribution in [-0.2, 0) is 16.6 Å². The van der Waals surface area contributed by atoms with Gasteiger partial charge in [0, 0.05) is 24.0 Å². The Bertz CT molecular complexity index is 899. The number of rotatable bonds is 6. The largest absolute Gasteiger partial charge is 0.355 e. The van der Waals surface area contributed by atoms with Crippen LogP contribution in [0, 0.1) is 5.41 Å². The van der Waals surface area contributed by atoms with Crippen LogP contribution in [0.25, 0.3) is 5.65 Å². The van der Waals surface area contributed by atoms with E-state index in [1.807, 2.05) is 34.9 Å². The fourth-order valence-electron chi connectivity index (χ4n) is 3.72. The van der Waals surface area contributed by atoms with Gasteiger partial charge in [-0.3, -0.25) is 9.20 Å². The van der Waals surface area contributed by atoms with Crippen molar-refractivity contribution in [2.24, 2.45) is 5.41 Å². The molecule has 3 heterocycles. The molecule has 0 saturated heterocycles. The number of thiophene rings is 1. The van der Waals surface area contributed by atoms with E-state index in [0.717, 1.165) is 30.7 Å². The predicted octanol–water partition coefficient (Wildman–Crippen LogP) is 3.21. The third kappa shape index (κ3) is 2.65. The normalized spacial score (nSPS) is 21.4. The van der Waals surface area contributed by atoms with Crippen LogP contribution in [0.5, 0.6) is 0 Å². The van der Waals surface area contributed by atoms with Crippen molar-refractivity contribution >= 4 is 22.9 Å². The Labute approximate surface area is 151 Å². The van der Waals surface area contributed by atoms with Crippen LogP contribution in [0.3, 0.4) is 0 Å². The molecule has 1 amide bonds. The molecule has 0 aliphatic heterocycles. The first kappa shape index (κ1) is 16.3. The first-order valence-electron chi connectivity index (χ1n) is 8.65. The molecule has 3 aromatic heterocycles. The number of amides is 1. The van der Waals surface area contributed by atoms with E-state index in [4.69, 9.17) is 0 Å². The Morgan fingerprint density at radius 2 is 2.12 bits per heavy atom. The van der Waals surface area contributed by atoms with E-state index in [-0.39, 0.29) is 16.7 Å². The lowest BCUT2D eigenvalue weighted by molar-refractivity contribution is -0.124. The maximum atomic E-state index is 12.9. The highest BCUT2D eigenvalue weighted by Crippen LogP contribution is 2.65. The smallest absolute Gasteiger partial charge is 0.232 e. The highest BCUT2D eigenvalue weighted by atomic mass is 32.1. The summed E-state index contributed by atoms with van der Waals surface area (Å²) in [4.78, 5) is 14.1. The molecule has 3 aromatic rings. The van der Waals surface area contributed by atoms with Crippen molar-refractivity contribution in [3.63, 3.8) is 0 Å². The van der Waals surface area contributed by atoms with Crippen molar-refractivity contribution in [2.45, 2.75) is 38.5 Å². The van der Waals surface area contributed by atoms with Gasteiger partial charge in [-0.05, 0) is 41.8 Å². The monoisotopic (exact) mass is 354 g/mol. The van der Waals surface area contributed by atoms with Gasteiger partial charge >= 0.3 is 0 Å². The van der Waals surface area contributed by atoms with Gasteiger partial charge in [0.25, 0.3) is 0 Å². The number of aryl methyl sites for hydroxylation is 1. The quantitative estimate of drug-likeness (QED) is 0.692. The fourth-order valence-corrected chi connectivity index (χ4v) is 4.82. The molecule has 0 bridgehead atoms. The third-order valence-corrected chi connectivity index (χ3v) is 6.35. The van der Waals surface area contributed by atoms with E-state index in [1.165, 1.54) is 4.88 Å². The standard InChI is InChI=1S/C19H22N4OS/c1-18(2)13-19(18,14-7-6-12-25-14)17(24)20-10-5-9-16-22-21-15-8-3-4-11-23(15)16/h3-4,6-8,11-12H,5,9-10,13H2,1-2H3,(H,20,24)/t19-/m1/s1. The van der Waals surface area contributed by atoms with Crippen LogP contribution in [-0.4, -0.2) is 27.0 Å². The number of nitrogens with one attached hydrogen (secondary N) is 1. The highest BCUT2D eigenvalue weighted by Gasteiger charge is 2.67. The topological polar surface area (TPSA) is 59.3 Å². The summed E-state index contributed by atoms with van der Waals surface area (Å²) >= 11 is 1.68. The molecule has 130 valence electrons. The molecular weight excluding hydrogens is 332 g/mol. The average molecular weight is 354 g/mol. The molecule has 0 unspecified atom stereocenters. The molecule has 1 fully saturated rings. The number of nitrogens with zero attached hydrogens (tertiary/aromatic N) is 3. The molecule has 1 N–H and O–H groups in total. The Morgan fingerprint density at radius 3 is 2.84 bits per heavy atom. The SMILES string of the molecule is CC1(C)C[C@]1(C(=O)NCCCc1nnc2ccccn12)c1cccs1. The maximum absolute atomic E-state index is 12.9. The summed E-state index contributed by atoms with van der Waals surface area (Å²) in [5, 5.41) is 13.6. The molecule has 1 aliphatic carbocycles. The average Bonchev–Trinajstić information content (AvgIpc) is 3.03. The molecule has 5 nitrogen and oxygen atoms in total. The lowest BCUT2D eigenvalue weighted by Gasteiger charge is -2.18. The van der Waals surface area contributed by atoms with Crippen LogP contribution < -0.4 is 5.32 Å². The van der Waals surface area contributed by atoms with Crippen molar-refractivity contribution in [1.82, 2.24) is 19.9 Å². The third-order valence-electron chi connectivity index (χ3n) is 5.31. The number of carbonyl (C=O) groups is 1. The molecule has 6 heteroatoms. The molecule has 0 spiro atoms. The molecule has 25 heavy (non-hydrogen) atoms. The van der Waals surface area contributed by atoms with Gasteiger partial charge in [0.15, 0.2) is 5.65 Å².